The van der Waals surface area contributed by atoms with Crippen LogP contribution in [0.2, 0.25) is 0 Å². The van der Waals surface area contributed by atoms with Crippen LogP contribution in [0.15, 0.2) is 55.1 Å². The summed E-state index contributed by atoms with van der Waals surface area (Å²) in [6.07, 6.45) is 11.4. The smallest absolute Gasteiger partial charge is 0.200 e. The highest BCUT2D eigenvalue weighted by atomic mass is 19.1. The first-order chi connectivity index (χ1) is 17.2. The quantitative estimate of drug-likeness (QED) is 0.395. The third-order valence-corrected chi connectivity index (χ3v) is 5.78. The highest BCUT2D eigenvalue weighted by Crippen LogP contribution is 2.27. The molecule has 5 heterocycles. The number of pyridine rings is 2. The molecule has 0 bridgehead atoms. The number of morpholine rings is 1. The number of halogens is 1. The highest BCUT2D eigenvalue weighted by Gasteiger charge is 2.15. The fourth-order valence-corrected chi connectivity index (χ4v) is 3.91. The van der Waals surface area contributed by atoms with Crippen LogP contribution in [0.5, 0.6) is 0 Å². The second-order valence-corrected chi connectivity index (χ2v) is 8.31. The van der Waals surface area contributed by atoms with Crippen LogP contribution < -0.4 is 10.6 Å². The van der Waals surface area contributed by atoms with E-state index in [2.05, 4.69) is 44.5 Å². The molecule has 8 nitrogen and oxygen atoms in total. The average Bonchev–Trinajstić information content (AvgIpc) is 3.34. The van der Waals surface area contributed by atoms with Crippen LogP contribution in [-0.4, -0.2) is 50.4 Å². The number of hydrogen-bond donors (Lipinski definition) is 2. The summed E-state index contributed by atoms with van der Waals surface area (Å²) in [5.41, 5.74) is 2.85. The number of rotatable bonds is 7. The third kappa shape index (κ3) is 6.37. The zero-order valence-corrected chi connectivity index (χ0v) is 20.2. The first-order valence-electron chi connectivity index (χ1n) is 12.2. The lowest BCUT2D eigenvalue weighted by molar-refractivity contribution is 0.0223. The Hall–Kier alpha value is -3.43. The second-order valence-electron chi connectivity index (χ2n) is 8.31. The molecule has 1 saturated heterocycles. The van der Waals surface area contributed by atoms with Crippen molar-refractivity contribution in [2.24, 2.45) is 0 Å². The van der Waals surface area contributed by atoms with E-state index in [1.54, 1.807) is 16.8 Å². The highest BCUT2D eigenvalue weighted by molar-refractivity contribution is 5.78. The topological polar surface area (TPSA) is 89.3 Å². The fraction of sp³-hybridized carbons (Fsp3) is 0.385. The molecule has 4 aromatic rings. The van der Waals surface area contributed by atoms with Gasteiger partial charge >= 0.3 is 0 Å². The molecule has 2 N–H and O–H groups in total. The molecule has 1 unspecified atom stereocenters. The minimum atomic E-state index is -0.441. The maximum atomic E-state index is 14.0. The van der Waals surface area contributed by atoms with Crippen LogP contribution in [0.3, 0.4) is 0 Å². The van der Waals surface area contributed by atoms with E-state index in [0.29, 0.717) is 29.1 Å². The molecular weight excluding hydrogens is 445 g/mol. The molecule has 4 aromatic heterocycles. The van der Waals surface area contributed by atoms with Gasteiger partial charge in [-0.05, 0) is 42.7 Å². The van der Waals surface area contributed by atoms with Crippen LogP contribution in [0, 0.1) is 5.82 Å². The summed E-state index contributed by atoms with van der Waals surface area (Å²) < 4.78 is 21.3. The molecule has 0 aliphatic carbocycles. The van der Waals surface area contributed by atoms with Crippen molar-refractivity contribution in [3.63, 3.8) is 0 Å². The van der Waals surface area contributed by atoms with Gasteiger partial charge in [-0.1, -0.05) is 32.8 Å². The molecule has 1 aliphatic heterocycles. The summed E-state index contributed by atoms with van der Waals surface area (Å²) in [5.74, 6) is 0.550. The molecule has 0 radical (unpaired) electrons. The molecule has 184 valence electrons. The van der Waals surface area contributed by atoms with Gasteiger partial charge < -0.3 is 15.4 Å². The summed E-state index contributed by atoms with van der Waals surface area (Å²) in [7, 11) is 0. The molecule has 1 atom stereocenters. The molecule has 1 aliphatic rings. The van der Waals surface area contributed by atoms with Gasteiger partial charge in [0.15, 0.2) is 11.6 Å². The summed E-state index contributed by atoms with van der Waals surface area (Å²) in [4.78, 5) is 12.7. The van der Waals surface area contributed by atoms with Gasteiger partial charge in [0, 0.05) is 31.7 Å². The number of nitrogens with zero attached hydrogens (tertiary/aromatic N) is 5. The molecule has 1 fully saturated rings. The Morgan fingerprint density at radius 3 is 2.83 bits per heavy atom. The SMILES string of the molecule is CCCCC1CNCCO1.CCc1ccn2nc(-c3ccccn3)nc(Nc3ccncc3F)c12. The summed E-state index contributed by atoms with van der Waals surface area (Å²) >= 11 is 0. The van der Waals surface area contributed by atoms with Crippen molar-refractivity contribution in [1.82, 2.24) is 29.9 Å². The van der Waals surface area contributed by atoms with Gasteiger partial charge in [-0.2, -0.15) is 0 Å². The van der Waals surface area contributed by atoms with Gasteiger partial charge in [0.25, 0.3) is 0 Å². The zero-order valence-electron chi connectivity index (χ0n) is 20.2. The molecule has 0 spiro atoms. The third-order valence-electron chi connectivity index (χ3n) is 5.78. The average molecular weight is 478 g/mol. The molecule has 0 aromatic carbocycles. The van der Waals surface area contributed by atoms with E-state index in [0.717, 1.165) is 37.2 Å². The minimum absolute atomic E-state index is 0.311. The number of unbranched alkanes of at least 4 members (excludes halogenated alkanes) is 1. The predicted octanol–water partition coefficient (Wildman–Crippen LogP) is 4.80. The zero-order chi connectivity index (χ0) is 24.5. The van der Waals surface area contributed by atoms with Crippen LogP contribution in [0.1, 0.15) is 38.7 Å². The van der Waals surface area contributed by atoms with Gasteiger partial charge in [0.1, 0.15) is 11.2 Å². The van der Waals surface area contributed by atoms with Crippen molar-refractivity contribution < 1.29 is 9.13 Å². The number of ether oxygens (including phenoxy) is 1. The van der Waals surface area contributed by atoms with Crippen molar-refractivity contribution in [3.8, 4) is 11.5 Å². The first kappa shape index (κ1) is 24.7. The molecule has 0 amide bonds. The molecule has 5 rings (SSSR count). The van der Waals surface area contributed by atoms with Gasteiger partial charge in [-0.3, -0.25) is 9.97 Å². The maximum Gasteiger partial charge on any atom is 0.200 e. The number of anilines is 2. The lowest BCUT2D eigenvalue weighted by atomic mass is 10.1. The Morgan fingerprint density at radius 2 is 2.11 bits per heavy atom. The van der Waals surface area contributed by atoms with E-state index in [1.165, 1.54) is 31.7 Å². The van der Waals surface area contributed by atoms with E-state index >= 15 is 0 Å². The number of aryl methyl sites for hydroxylation is 1. The van der Waals surface area contributed by atoms with E-state index in [1.807, 2.05) is 30.5 Å². The summed E-state index contributed by atoms with van der Waals surface area (Å²) in [5, 5.41) is 10.9. The van der Waals surface area contributed by atoms with Crippen molar-refractivity contribution >= 4 is 17.0 Å². The second kappa shape index (κ2) is 12.3. The number of aromatic nitrogens is 5. The van der Waals surface area contributed by atoms with Crippen LogP contribution in [0.4, 0.5) is 15.9 Å². The molecular formula is C26H32FN7O. The Balaban J connectivity index is 0.000000243. The van der Waals surface area contributed by atoms with Crippen LogP contribution in [0.25, 0.3) is 17.0 Å². The van der Waals surface area contributed by atoms with E-state index in [-0.39, 0.29) is 0 Å². The normalized spacial score (nSPS) is 15.5. The van der Waals surface area contributed by atoms with Crippen LogP contribution in [-0.2, 0) is 11.2 Å². The summed E-state index contributed by atoms with van der Waals surface area (Å²) in [6, 6.07) is 9.10. The monoisotopic (exact) mass is 477 g/mol. The Kier molecular flexibility index (Phi) is 8.69. The Labute approximate surface area is 205 Å². The number of nitrogens with one attached hydrogen (secondary N) is 2. The number of hydrogen-bond acceptors (Lipinski definition) is 7. The summed E-state index contributed by atoms with van der Waals surface area (Å²) in [6.45, 7) is 7.26. The van der Waals surface area contributed by atoms with Crippen molar-refractivity contribution in [2.75, 3.05) is 25.0 Å². The van der Waals surface area contributed by atoms with E-state index in [4.69, 9.17) is 4.74 Å². The van der Waals surface area contributed by atoms with Crippen molar-refractivity contribution in [3.05, 3.63) is 66.5 Å². The standard InChI is InChI=1S/C18H15FN6.C8H17NO/c1-2-12-7-10-25-16(12)18(22-14-6-9-20-11-13(14)19)23-17(24-25)15-5-3-4-8-21-15;1-2-3-4-8-7-9-5-6-10-8/h3-11H,2H2,1H3,(H,20,22,23,24);8-9H,2-7H2,1H3. The fourth-order valence-electron chi connectivity index (χ4n) is 3.91. The maximum absolute atomic E-state index is 14.0. The first-order valence-corrected chi connectivity index (χ1v) is 12.2. The van der Waals surface area contributed by atoms with Crippen molar-refractivity contribution in [1.29, 1.82) is 0 Å². The van der Waals surface area contributed by atoms with E-state index < -0.39 is 5.82 Å². The lowest BCUT2D eigenvalue weighted by Crippen LogP contribution is -2.38. The largest absolute Gasteiger partial charge is 0.376 e. The Bertz CT molecular complexity index is 1210. The predicted molar refractivity (Wildman–Crippen MR) is 135 cm³/mol. The lowest BCUT2D eigenvalue weighted by Gasteiger charge is -2.23. The molecule has 35 heavy (non-hydrogen) atoms. The van der Waals surface area contributed by atoms with Gasteiger partial charge in [0.2, 0.25) is 5.82 Å². The van der Waals surface area contributed by atoms with Gasteiger partial charge in [-0.25, -0.2) is 13.9 Å². The minimum Gasteiger partial charge on any atom is -0.376 e. The van der Waals surface area contributed by atoms with Gasteiger partial charge in [0.05, 0.1) is 24.6 Å². The van der Waals surface area contributed by atoms with Crippen LogP contribution >= 0.6 is 0 Å². The van der Waals surface area contributed by atoms with E-state index in [9.17, 15) is 4.39 Å². The number of fused-ring (bicyclic) bond motifs is 1. The molecule has 0 saturated carbocycles. The Morgan fingerprint density at radius 1 is 1.20 bits per heavy atom. The van der Waals surface area contributed by atoms with Gasteiger partial charge in [-0.15, -0.1) is 5.10 Å². The van der Waals surface area contributed by atoms with Crippen molar-refractivity contribution in [2.45, 2.75) is 45.6 Å². The molecule has 9 heteroatoms.